The molecule has 7 heteroatoms. The normalized spacial score (nSPS) is 13.8. The molecule has 0 unspecified atom stereocenters. The van der Waals surface area contributed by atoms with E-state index >= 15 is 0 Å². The van der Waals surface area contributed by atoms with Gasteiger partial charge < -0.3 is 10.1 Å². The number of hydrogen-bond acceptors (Lipinski definition) is 6. The molecule has 0 aliphatic heterocycles. The number of hydrogen-bond donors (Lipinski definition) is 1. The summed E-state index contributed by atoms with van der Waals surface area (Å²) in [6, 6.07) is 5.64. The molecule has 0 fully saturated rings. The Labute approximate surface area is 166 Å². The zero-order valence-corrected chi connectivity index (χ0v) is 16.8. The highest BCUT2D eigenvalue weighted by molar-refractivity contribution is 7.17. The number of carbonyl (C=O) groups is 2. The second-order valence-electron chi connectivity index (χ2n) is 6.51. The van der Waals surface area contributed by atoms with Crippen LogP contribution in [0.4, 0.5) is 5.00 Å². The van der Waals surface area contributed by atoms with Gasteiger partial charge in [-0.05, 0) is 62.6 Å². The van der Waals surface area contributed by atoms with Crippen molar-refractivity contribution >= 4 is 45.6 Å². The first-order chi connectivity index (χ1) is 13.0. The van der Waals surface area contributed by atoms with E-state index in [1.165, 1.54) is 22.7 Å². The number of aryl methyl sites for hydroxylation is 1. The first-order valence-electron chi connectivity index (χ1n) is 8.81. The molecule has 1 aliphatic carbocycles. The van der Waals surface area contributed by atoms with Crippen molar-refractivity contribution in [1.82, 2.24) is 0 Å². The summed E-state index contributed by atoms with van der Waals surface area (Å²) in [6.45, 7) is 3.60. The number of nitrogens with one attached hydrogen (secondary N) is 1. The van der Waals surface area contributed by atoms with Crippen LogP contribution in [0.25, 0.3) is 6.08 Å². The van der Waals surface area contributed by atoms with Gasteiger partial charge in [-0.2, -0.15) is 5.26 Å². The van der Waals surface area contributed by atoms with Gasteiger partial charge in [0.1, 0.15) is 16.6 Å². The summed E-state index contributed by atoms with van der Waals surface area (Å²) >= 11 is 2.86. The maximum absolute atomic E-state index is 12.6. The van der Waals surface area contributed by atoms with Crippen molar-refractivity contribution in [2.45, 2.75) is 45.6 Å². The van der Waals surface area contributed by atoms with Crippen molar-refractivity contribution in [2.24, 2.45) is 0 Å². The lowest BCUT2D eigenvalue weighted by Crippen LogP contribution is -2.18. The Morgan fingerprint density at radius 3 is 2.78 bits per heavy atom. The molecule has 0 spiro atoms. The van der Waals surface area contributed by atoms with Crippen molar-refractivity contribution in [2.75, 3.05) is 5.32 Å². The van der Waals surface area contributed by atoms with E-state index in [2.05, 4.69) is 5.32 Å². The van der Waals surface area contributed by atoms with Crippen molar-refractivity contribution < 1.29 is 14.3 Å². The molecule has 0 saturated carbocycles. The van der Waals surface area contributed by atoms with E-state index in [1.807, 2.05) is 23.6 Å². The van der Waals surface area contributed by atoms with Gasteiger partial charge in [-0.1, -0.05) is 6.07 Å². The molecular weight excluding hydrogens is 380 g/mol. The van der Waals surface area contributed by atoms with Crippen LogP contribution in [0.5, 0.6) is 0 Å². The molecule has 27 heavy (non-hydrogen) atoms. The van der Waals surface area contributed by atoms with E-state index < -0.39 is 11.9 Å². The molecule has 2 heterocycles. The van der Waals surface area contributed by atoms with Gasteiger partial charge in [0.25, 0.3) is 5.91 Å². The Morgan fingerprint density at radius 2 is 2.11 bits per heavy atom. The van der Waals surface area contributed by atoms with E-state index in [-0.39, 0.29) is 11.7 Å². The van der Waals surface area contributed by atoms with Gasteiger partial charge in [0.15, 0.2) is 0 Å². The zero-order valence-electron chi connectivity index (χ0n) is 15.2. The fourth-order valence-electron chi connectivity index (χ4n) is 2.98. The third kappa shape index (κ3) is 4.46. The fraction of sp³-hybridized carbons (Fsp3) is 0.350. The molecule has 0 radical (unpaired) electrons. The highest BCUT2D eigenvalue weighted by Crippen LogP contribution is 2.39. The van der Waals surface area contributed by atoms with Gasteiger partial charge in [-0.25, -0.2) is 4.79 Å². The maximum atomic E-state index is 12.6. The Kier molecular flexibility index (Phi) is 6.09. The lowest BCUT2D eigenvalue weighted by atomic mass is 9.95. The van der Waals surface area contributed by atoms with Gasteiger partial charge >= 0.3 is 5.97 Å². The van der Waals surface area contributed by atoms with E-state index in [0.717, 1.165) is 41.0 Å². The van der Waals surface area contributed by atoms with Crippen molar-refractivity contribution in [1.29, 1.82) is 5.26 Å². The average molecular weight is 401 g/mol. The van der Waals surface area contributed by atoms with Crippen molar-refractivity contribution in [3.63, 3.8) is 0 Å². The van der Waals surface area contributed by atoms with Gasteiger partial charge in [0, 0.05) is 9.75 Å². The van der Waals surface area contributed by atoms with Crippen molar-refractivity contribution in [3.05, 3.63) is 44.0 Å². The minimum atomic E-state index is -0.511. The molecule has 0 saturated heterocycles. The number of amides is 1. The van der Waals surface area contributed by atoms with Crippen LogP contribution >= 0.6 is 22.7 Å². The summed E-state index contributed by atoms with van der Waals surface area (Å²) in [6.07, 6.45) is 5.10. The van der Waals surface area contributed by atoms with E-state index in [1.54, 1.807) is 19.9 Å². The lowest BCUT2D eigenvalue weighted by Gasteiger charge is -2.14. The number of rotatable bonds is 5. The summed E-state index contributed by atoms with van der Waals surface area (Å²) in [7, 11) is 0. The topological polar surface area (TPSA) is 79.2 Å². The quantitative estimate of drug-likeness (QED) is 0.444. The molecule has 2 aromatic rings. The summed E-state index contributed by atoms with van der Waals surface area (Å²) in [5, 5.41) is 14.5. The molecule has 5 nitrogen and oxygen atoms in total. The van der Waals surface area contributed by atoms with Crippen molar-refractivity contribution in [3.8, 4) is 6.07 Å². The largest absolute Gasteiger partial charge is 0.459 e. The molecule has 0 aromatic carbocycles. The molecule has 140 valence electrons. The minimum Gasteiger partial charge on any atom is -0.459 e. The van der Waals surface area contributed by atoms with Crippen LogP contribution in [0.1, 0.15) is 52.4 Å². The van der Waals surface area contributed by atoms with Crippen LogP contribution in [0.3, 0.4) is 0 Å². The fourth-order valence-corrected chi connectivity index (χ4v) is 4.91. The predicted octanol–water partition coefficient (Wildman–Crippen LogP) is 4.80. The standard InChI is InChI=1S/C20H20N2O3S2/c1-12(2)25-20(24)17-15-7-3-4-8-16(15)27-19(17)22-18(23)13(11-21)10-14-6-5-9-26-14/h5-6,9-10,12H,3-4,7-8H2,1-2H3,(H,22,23). The minimum absolute atomic E-state index is 0.00648. The molecule has 0 bridgehead atoms. The predicted molar refractivity (Wildman–Crippen MR) is 108 cm³/mol. The second kappa shape index (κ2) is 8.51. The molecule has 1 N–H and O–H groups in total. The zero-order chi connectivity index (χ0) is 19.4. The third-order valence-electron chi connectivity index (χ3n) is 4.14. The SMILES string of the molecule is CC(C)OC(=O)c1c(NC(=O)C(C#N)=Cc2cccs2)sc2c1CCCC2. The molecule has 1 amide bonds. The summed E-state index contributed by atoms with van der Waals surface area (Å²) in [4.78, 5) is 27.2. The van der Waals surface area contributed by atoms with Gasteiger partial charge in [-0.15, -0.1) is 22.7 Å². The Balaban J connectivity index is 1.92. The molecule has 1 aliphatic rings. The Hall–Kier alpha value is -2.43. The Morgan fingerprint density at radius 1 is 1.33 bits per heavy atom. The second-order valence-corrected chi connectivity index (χ2v) is 8.59. The van der Waals surface area contributed by atoms with Gasteiger partial charge in [0.2, 0.25) is 0 Å². The molecular formula is C20H20N2O3S2. The number of nitriles is 1. The van der Waals surface area contributed by atoms with Gasteiger partial charge in [0.05, 0.1) is 11.7 Å². The number of thiophene rings is 2. The molecule has 3 rings (SSSR count). The number of fused-ring (bicyclic) bond motifs is 1. The lowest BCUT2D eigenvalue weighted by molar-refractivity contribution is -0.112. The number of anilines is 1. The van der Waals surface area contributed by atoms with Gasteiger partial charge in [-0.3, -0.25) is 4.79 Å². The highest BCUT2D eigenvalue weighted by atomic mass is 32.1. The monoisotopic (exact) mass is 400 g/mol. The van der Waals surface area contributed by atoms with E-state index in [4.69, 9.17) is 4.74 Å². The smallest absolute Gasteiger partial charge is 0.341 e. The van der Waals surface area contributed by atoms with Crippen LogP contribution in [-0.4, -0.2) is 18.0 Å². The first-order valence-corrected chi connectivity index (χ1v) is 10.5. The summed E-state index contributed by atoms with van der Waals surface area (Å²) < 4.78 is 5.39. The summed E-state index contributed by atoms with van der Waals surface area (Å²) in [5.41, 5.74) is 1.44. The van der Waals surface area contributed by atoms with E-state index in [0.29, 0.717) is 10.6 Å². The van der Waals surface area contributed by atoms with Crippen LogP contribution in [0, 0.1) is 11.3 Å². The van der Waals surface area contributed by atoms with E-state index in [9.17, 15) is 14.9 Å². The molecule has 0 atom stereocenters. The Bertz CT molecular complexity index is 918. The molecule has 2 aromatic heterocycles. The van der Waals surface area contributed by atoms with Crippen LogP contribution in [0.15, 0.2) is 23.1 Å². The third-order valence-corrected chi connectivity index (χ3v) is 6.17. The number of nitrogens with zero attached hydrogens (tertiary/aromatic N) is 1. The first kappa shape index (κ1) is 19.3. The number of esters is 1. The van der Waals surface area contributed by atoms with Crippen LogP contribution < -0.4 is 5.32 Å². The maximum Gasteiger partial charge on any atom is 0.341 e. The average Bonchev–Trinajstić information content (AvgIpc) is 3.25. The summed E-state index contributed by atoms with van der Waals surface area (Å²) in [5.74, 6) is -0.927. The number of ether oxygens (including phenoxy) is 1. The number of carbonyl (C=O) groups excluding carboxylic acids is 2. The highest BCUT2D eigenvalue weighted by Gasteiger charge is 2.28. The van der Waals surface area contributed by atoms with Crippen LogP contribution in [-0.2, 0) is 22.4 Å². The van der Waals surface area contributed by atoms with Crippen LogP contribution in [0.2, 0.25) is 0 Å².